The maximum Gasteiger partial charge on any atom is 0.317 e. The van der Waals surface area contributed by atoms with E-state index >= 15 is 0 Å². The first kappa shape index (κ1) is 26.4. The number of aromatic nitrogens is 2. The van der Waals surface area contributed by atoms with E-state index in [1.807, 2.05) is 0 Å². The number of aryl methyl sites for hydroxylation is 1. The molecule has 6 rings (SSSR count). The minimum absolute atomic E-state index is 0.193. The fourth-order valence-corrected chi connectivity index (χ4v) is 6.24. The van der Waals surface area contributed by atoms with Crippen LogP contribution in [0.25, 0.3) is 10.8 Å². The SMILES string of the molecule is CCc1cccc2cccc(N3CCc4c(nc(OCC5(CN(C)C)CC5)nc4C4CNCC(O)CO4)C3)c12. The summed E-state index contributed by atoms with van der Waals surface area (Å²) in [6.45, 7) is 6.86. The predicted octanol–water partition coefficient (Wildman–Crippen LogP) is 3.50. The second-order valence-electron chi connectivity index (χ2n) is 11.8. The molecule has 3 aromatic rings. The van der Waals surface area contributed by atoms with Crippen LogP contribution in [0.1, 0.15) is 48.4 Å². The molecule has 2 unspecified atom stereocenters. The van der Waals surface area contributed by atoms with E-state index in [1.165, 1.54) is 34.9 Å². The smallest absolute Gasteiger partial charge is 0.317 e. The number of nitrogens with one attached hydrogen (secondary N) is 1. The molecule has 208 valence electrons. The summed E-state index contributed by atoms with van der Waals surface area (Å²) >= 11 is 0. The van der Waals surface area contributed by atoms with Crippen molar-refractivity contribution in [2.45, 2.75) is 51.4 Å². The van der Waals surface area contributed by atoms with Crippen molar-refractivity contribution in [2.75, 3.05) is 58.4 Å². The van der Waals surface area contributed by atoms with Gasteiger partial charge in [0, 0.05) is 48.2 Å². The van der Waals surface area contributed by atoms with E-state index in [0.717, 1.165) is 42.9 Å². The number of β-amino-alcohol motifs (C(OH)–C–C–N with tert-alkyl or cyclic N) is 1. The van der Waals surface area contributed by atoms with Crippen LogP contribution < -0.4 is 15.0 Å². The van der Waals surface area contributed by atoms with E-state index in [-0.39, 0.29) is 11.5 Å². The fourth-order valence-electron chi connectivity index (χ4n) is 6.24. The van der Waals surface area contributed by atoms with Gasteiger partial charge < -0.3 is 29.7 Å². The van der Waals surface area contributed by atoms with Crippen molar-refractivity contribution in [3.8, 4) is 6.01 Å². The second kappa shape index (κ2) is 11.0. The summed E-state index contributed by atoms with van der Waals surface area (Å²) in [4.78, 5) is 14.6. The van der Waals surface area contributed by atoms with Crippen LogP contribution in [0.4, 0.5) is 5.69 Å². The van der Waals surface area contributed by atoms with Gasteiger partial charge in [0.15, 0.2) is 0 Å². The van der Waals surface area contributed by atoms with Crippen LogP contribution in [0.3, 0.4) is 0 Å². The Bertz CT molecular complexity index is 1320. The molecule has 2 aromatic carbocycles. The van der Waals surface area contributed by atoms with Crippen molar-refractivity contribution in [1.82, 2.24) is 20.2 Å². The maximum atomic E-state index is 10.1. The van der Waals surface area contributed by atoms with Gasteiger partial charge in [0.25, 0.3) is 0 Å². The molecule has 2 fully saturated rings. The molecule has 0 bridgehead atoms. The minimum Gasteiger partial charge on any atom is -0.463 e. The van der Waals surface area contributed by atoms with Gasteiger partial charge in [0.2, 0.25) is 0 Å². The molecule has 1 aliphatic carbocycles. The zero-order valence-corrected chi connectivity index (χ0v) is 23.4. The van der Waals surface area contributed by atoms with Gasteiger partial charge in [-0.05, 0) is 56.8 Å². The van der Waals surface area contributed by atoms with Gasteiger partial charge in [-0.2, -0.15) is 9.97 Å². The van der Waals surface area contributed by atoms with Crippen molar-refractivity contribution < 1.29 is 14.6 Å². The summed E-state index contributed by atoms with van der Waals surface area (Å²) in [5.41, 5.74) is 5.90. The Balaban J connectivity index is 1.34. The third kappa shape index (κ3) is 5.61. The van der Waals surface area contributed by atoms with Crippen LogP contribution in [-0.2, 0) is 24.1 Å². The van der Waals surface area contributed by atoms with Gasteiger partial charge >= 0.3 is 6.01 Å². The van der Waals surface area contributed by atoms with Crippen LogP contribution in [0.15, 0.2) is 36.4 Å². The molecule has 3 heterocycles. The first-order valence-electron chi connectivity index (χ1n) is 14.4. The number of benzene rings is 2. The minimum atomic E-state index is -0.515. The Morgan fingerprint density at radius 1 is 1.15 bits per heavy atom. The lowest BCUT2D eigenvalue weighted by molar-refractivity contribution is 0.0100. The Hall–Kier alpha value is -2.78. The molecule has 2 N–H and O–H groups in total. The molecule has 39 heavy (non-hydrogen) atoms. The van der Waals surface area contributed by atoms with Gasteiger partial charge in [-0.15, -0.1) is 0 Å². The van der Waals surface area contributed by atoms with Crippen molar-refractivity contribution in [3.63, 3.8) is 0 Å². The average Bonchev–Trinajstić information content (AvgIpc) is 3.74. The first-order chi connectivity index (χ1) is 18.9. The third-order valence-corrected chi connectivity index (χ3v) is 8.39. The molecule has 0 amide bonds. The molecule has 1 aromatic heterocycles. The second-order valence-corrected chi connectivity index (χ2v) is 11.8. The molecule has 0 radical (unpaired) electrons. The zero-order valence-electron chi connectivity index (χ0n) is 23.4. The number of aliphatic hydroxyl groups excluding tert-OH is 1. The summed E-state index contributed by atoms with van der Waals surface area (Å²) < 4.78 is 12.5. The Kier molecular flexibility index (Phi) is 7.46. The maximum absolute atomic E-state index is 10.1. The Labute approximate surface area is 231 Å². The molecule has 8 heteroatoms. The van der Waals surface area contributed by atoms with Crippen molar-refractivity contribution in [2.24, 2.45) is 5.41 Å². The molecular weight excluding hydrogens is 490 g/mol. The van der Waals surface area contributed by atoms with Crippen LogP contribution in [0, 0.1) is 5.41 Å². The average molecular weight is 532 g/mol. The van der Waals surface area contributed by atoms with E-state index < -0.39 is 6.10 Å². The number of hydrogen-bond donors (Lipinski definition) is 2. The van der Waals surface area contributed by atoms with E-state index in [4.69, 9.17) is 19.4 Å². The monoisotopic (exact) mass is 531 g/mol. The number of fused-ring (bicyclic) bond motifs is 2. The van der Waals surface area contributed by atoms with Crippen LogP contribution in [0.2, 0.25) is 0 Å². The normalized spacial score (nSPS) is 22.5. The molecule has 2 aliphatic heterocycles. The van der Waals surface area contributed by atoms with Crippen LogP contribution in [-0.4, -0.2) is 79.6 Å². The lowest BCUT2D eigenvalue weighted by atomic mass is 9.96. The molecule has 1 saturated carbocycles. The van der Waals surface area contributed by atoms with Crippen molar-refractivity contribution >= 4 is 16.5 Å². The van der Waals surface area contributed by atoms with Gasteiger partial charge in [-0.25, -0.2) is 0 Å². The summed E-state index contributed by atoms with van der Waals surface area (Å²) in [5, 5.41) is 16.1. The summed E-state index contributed by atoms with van der Waals surface area (Å²) in [7, 11) is 4.23. The molecule has 1 saturated heterocycles. The summed E-state index contributed by atoms with van der Waals surface area (Å²) in [5.74, 6) is 0. The van der Waals surface area contributed by atoms with Crippen molar-refractivity contribution in [3.05, 3.63) is 58.9 Å². The predicted molar refractivity (Wildman–Crippen MR) is 153 cm³/mol. The molecular formula is C31H41N5O3. The molecule has 8 nitrogen and oxygen atoms in total. The highest BCUT2D eigenvalue weighted by Gasteiger charge is 2.44. The highest BCUT2D eigenvalue weighted by atomic mass is 16.5. The van der Waals surface area contributed by atoms with E-state index in [9.17, 15) is 5.11 Å². The Morgan fingerprint density at radius 2 is 1.97 bits per heavy atom. The fraction of sp³-hybridized carbons (Fsp3) is 0.548. The third-order valence-electron chi connectivity index (χ3n) is 8.39. The zero-order chi connectivity index (χ0) is 27.0. The van der Waals surface area contributed by atoms with Crippen LogP contribution >= 0.6 is 0 Å². The number of hydrogen-bond acceptors (Lipinski definition) is 8. The van der Waals surface area contributed by atoms with Gasteiger partial charge in [0.1, 0.15) is 6.10 Å². The topological polar surface area (TPSA) is 83.0 Å². The quantitative estimate of drug-likeness (QED) is 0.457. The van der Waals surface area contributed by atoms with Gasteiger partial charge in [0.05, 0.1) is 37.3 Å². The van der Waals surface area contributed by atoms with Gasteiger partial charge in [-0.1, -0.05) is 37.3 Å². The summed E-state index contributed by atoms with van der Waals surface area (Å²) in [6, 6.07) is 13.6. The lowest BCUT2D eigenvalue weighted by Gasteiger charge is -2.33. The number of rotatable bonds is 8. The molecule has 0 spiro atoms. The number of nitrogens with zero attached hydrogens (tertiary/aromatic N) is 4. The first-order valence-corrected chi connectivity index (χ1v) is 14.4. The van der Waals surface area contributed by atoms with Crippen LogP contribution in [0.5, 0.6) is 6.01 Å². The standard InChI is InChI=1S/C31H41N5O3/c1-4-21-7-5-8-22-9-6-10-26(28(21)22)36-14-11-24-25(17-36)33-30(39-20-31(12-13-31)19-35(2)3)34-29(24)27-16-32-15-23(37)18-38-27/h5-10,23,27,32,37H,4,11-20H2,1-3H3. The number of anilines is 1. The largest absolute Gasteiger partial charge is 0.463 e. The lowest BCUT2D eigenvalue weighted by Crippen LogP contribution is -2.34. The highest BCUT2D eigenvalue weighted by Crippen LogP contribution is 2.46. The van der Waals surface area contributed by atoms with E-state index in [1.54, 1.807) is 0 Å². The highest BCUT2D eigenvalue weighted by molar-refractivity contribution is 5.97. The van der Waals surface area contributed by atoms with Crippen molar-refractivity contribution in [1.29, 1.82) is 0 Å². The van der Waals surface area contributed by atoms with E-state index in [2.05, 4.69) is 72.5 Å². The number of ether oxygens (including phenoxy) is 2. The van der Waals surface area contributed by atoms with Gasteiger partial charge in [-0.3, -0.25) is 0 Å². The summed E-state index contributed by atoms with van der Waals surface area (Å²) in [6.07, 6.45) is 3.42. The Morgan fingerprint density at radius 3 is 2.74 bits per heavy atom. The molecule has 3 aliphatic rings. The van der Waals surface area contributed by atoms with E-state index in [0.29, 0.717) is 38.9 Å². The number of aliphatic hydroxyl groups is 1. The molecule has 2 atom stereocenters.